The molecule has 0 atom stereocenters. The summed E-state index contributed by atoms with van der Waals surface area (Å²) in [6.07, 6.45) is 1.66. The molecule has 2 aromatic rings. The molecule has 1 aromatic heterocycles. The van der Waals surface area contributed by atoms with Gasteiger partial charge in [0.15, 0.2) is 0 Å². The molecule has 0 unspecified atom stereocenters. The lowest BCUT2D eigenvalue weighted by molar-refractivity contribution is 0.0746. The summed E-state index contributed by atoms with van der Waals surface area (Å²) in [5.74, 6) is 2.06. The first-order valence-electron chi connectivity index (χ1n) is 9.96. The van der Waals surface area contributed by atoms with Gasteiger partial charge in [-0.15, -0.1) is 0 Å². The molecule has 2 aliphatic heterocycles. The van der Waals surface area contributed by atoms with Crippen LogP contribution in [-0.2, 0) is 0 Å². The van der Waals surface area contributed by atoms with Crippen molar-refractivity contribution in [1.82, 2.24) is 19.8 Å². The van der Waals surface area contributed by atoms with Gasteiger partial charge in [0.2, 0.25) is 0 Å². The van der Waals surface area contributed by atoms with Crippen molar-refractivity contribution in [1.29, 1.82) is 0 Å². The van der Waals surface area contributed by atoms with Gasteiger partial charge in [0.05, 0.1) is 0 Å². The van der Waals surface area contributed by atoms with Crippen LogP contribution in [0.4, 0.5) is 11.6 Å². The fourth-order valence-electron chi connectivity index (χ4n) is 3.74. The van der Waals surface area contributed by atoms with E-state index in [0.29, 0.717) is 13.1 Å². The Morgan fingerprint density at radius 3 is 1.93 bits per heavy atom. The zero-order chi connectivity index (χ0) is 19.5. The van der Waals surface area contributed by atoms with Gasteiger partial charge in [0, 0.05) is 64.0 Å². The van der Waals surface area contributed by atoms with Gasteiger partial charge in [-0.2, -0.15) is 0 Å². The van der Waals surface area contributed by atoms with Gasteiger partial charge in [-0.1, -0.05) is 17.7 Å². The van der Waals surface area contributed by atoms with Crippen LogP contribution in [0.3, 0.4) is 0 Å². The van der Waals surface area contributed by atoms with E-state index in [1.165, 1.54) is 5.56 Å². The van der Waals surface area contributed by atoms with E-state index < -0.39 is 0 Å². The van der Waals surface area contributed by atoms with E-state index in [1.54, 1.807) is 6.33 Å². The van der Waals surface area contributed by atoms with Crippen molar-refractivity contribution in [3.63, 3.8) is 0 Å². The van der Waals surface area contributed by atoms with Crippen molar-refractivity contribution < 1.29 is 4.79 Å². The van der Waals surface area contributed by atoms with Gasteiger partial charge in [0.25, 0.3) is 5.91 Å². The fraction of sp³-hybridized carbons (Fsp3) is 0.476. The molecule has 0 N–H and O–H groups in total. The standard InChI is InChI=1S/C21H28N6O/c1-17-3-5-18(6-4-17)21(28)27-13-11-26(12-14-27)20-15-19(22-16-23-20)25-9-7-24(2)8-10-25/h3-6,15-16H,7-14H2,1-2H3. The van der Waals surface area contributed by atoms with Crippen LogP contribution in [0.1, 0.15) is 15.9 Å². The average molecular weight is 380 g/mol. The zero-order valence-corrected chi connectivity index (χ0v) is 16.7. The van der Waals surface area contributed by atoms with Crippen LogP contribution >= 0.6 is 0 Å². The van der Waals surface area contributed by atoms with Gasteiger partial charge >= 0.3 is 0 Å². The van der Waals surface area contributed by atoms with E-state index >= 15 is 0 Å². The molecule has 7 heteroatoms. The van der Waals surface area contributed by atoms with E-state index in [1.807, 2.05) is 36.1 Å². The summed E-state index contributed by atoms with van der Waals surface area (Å²) >= 11 is 0. The third-order valence-electron chi connectivity index (χ3n) is 5.65. The Kier molecular flexibility index (Phi) is 5.43. The lowest BCUT2D eigenvalue weighted by Crippen LogP contribution is -2.49. The van der Waals surface area contributed by atoms with Crippen molar-refractivity contribution in [2.45, 2.75) is 6.92 Å². The van der Waals surface area contributed by atoms with Crippen molar-refractivity contribution in [3.05, 3.63) is 47.8 Å². The summed E-state index contributed by atoms with van der Waals surface area (Å²) in [6, 6.07) is 9.89. The van der Waals surface area contributed by atoms with Gasteiger partial charge < -0.3 is 19.6 Å². The highest BCUT2D eigenvalue weighted by atomic mass is 16.2. The number of rotatable bonds is 3. The van der Waals surface area contributed by atoms with Crippen LogP contribution in [-0.4, -0.2) is 85.1 Å². The number of carbonyl (C=O) groups is 1. The highest BCUT2D eigenvalue weighted by molar-refractivity contribution is 5.94. The number of piperazine rings is 2. The van der Waals surface area contributed by atoms with Crippen molar-refractivity contribution in [2.24, 2.45) is 0 Å². The van der Waals surface area contributed by atoms with Crippen molar-refractivity contribution >= 4 is 17.5 Å². The molecule has 0 aliphatic carbocycles. The minimum Gasteiger partial charge on any atom is -0.354 e. The number of aromatic nitrogens is 2. The Morgan fingerprint density at radius 2 is 1.36 bits per heavy atom. The van der Waals surface area contributed by atoms with Crippen LogP contribution in [0, 0.1) is 6.92 Å². The summed E-state index contributed by atoms with van der Waals surface area (Å²) in [5.41, 5.74) is 1.93. The second-order valence-electron chi connectivity index (χ2n) is 7.67. The fourth-order valence-corrected chi connectivity index (χ4v) is 3.74. The number of hydrogen-bond acceptors (Lipinski definition) is 6. The van der Waals surface area contributed by atoms with Crippen molar-refractivity contribution in [2.75, 3.05) is 69.2 Å². The topological polar surface area (TPSA) is 55.8 Å². The largest absolute Gasteiger partial charge is 0.354 e. The Hall–Kier alpha value is -2.67. The maximum Gasteiger partial charge on any atom is 0.253 e. The molecule has 28 heavy (non-hydrogen) atoms. The van der Waals surface area contributed by atoms with Crippen LogP contribution < -0.4 is 9.80 Å². The molecule has 4 rings (SSSR count). The molecule has 7 nitrogen and oxygen atoms in total. The maximum absolute atomic E-state index is 12.7. The first-order valence-corrected chi connectivity index (χ1v) is 9.96. The Bertz CT molecular complexity index is 808. The van der Waals surface area contributed by atoms with E-state index in [4.69, 9.17) is 0 Å². The lowest BCUT2D eigenvalue weighted by Gasteiger charge is -2.36. The number of anilines is 2. The normalized spacial score (nSPS) is 18.4. The summed E-state index contributed by atoms with van der Waals surface area (Å²) in [6.45, 7) is 9.12. The van der Waals surface area contributed by atoms with Gasteiger partial charge in [0.1, 0.15) is 18.0 Å². The Balaban J connectivity index is 1.38. The van der Waals surface area contributed by atoms with Gasteiger partial charge in [-0.3, -0.25) is 4.79 Å². The molecular weight excluding hydrogens is 352 g/mol. The molecule has 2 fully saturated rings. The minimum absolute atomic E-state index is 0.112. The number of nitrogens with zero attached hydrogens (tertiary/aromatic N) is 6. The second-order valence-corrected chi connectivity index (χ2v) is 7.67. The third-order valence-corrected chi connectivity index (χ3v) is 5.65. The number of benzene rings is 1. The SMILES string of the molecule is Cc1ccc(C(=O)N2CCN(c3cc(N4CCN(C)CC4)ncn3)CC2)cc1. The monoisotopic (exact) mass is 380 g/mol. The van der Waals surface area contributed by atoms with Crippen molar-refractivity contribution in [3.8, 4) is 0 Å². The molecule has 0 spiro atoms. The van der Waals surface area contributed by atoms with E-state index in [0.717, 1.165) is 56.5 Å². The van der Waals surface area contributed by atoms with E-state index in [2.05, 4.69) is 37.8 Å². The average Bonchev–Trinajstić information content (AvgIpc) is 2.74. The molecule has 0 saturated carbocycles. The molecule has 1 amide bonds. The summed E-state index contributed by atoms with van der Waals surface area (Å²) in [5, 5.41) is 0. The van der Waals surface area contributed by atoms with Crippen LogP contribution in [0.25, 0.3) is 0 Å². The quantitative estimate of drug-likeness (QED) is 0.804. The first kappa shape index (κ1) is 18.7. The molecule has 2 aliphatic rings. The molecular formula is C21H28N6O. The number of amides is 1. The number of aryl methyl sites for hydroxylation is 1. The first-order chi connectivity index (χ1) is 13.6. The Morgan fingerprint density at radius 1 is 0.821 bits per heavy atom. The van der Waals surface area contributed by atoms with Gasteiger partial charge in [-0.05, 0) is 26.1 Å². The van der Waals surface area contributed by atoms with E-state index in [9.17, 15) is 4.79 Å². The Labute approximate surface area is 166 Å². The van der Waals surface area contributed by atoms with Crippen LogP contribution in [0.2, 0.25) is 0 Å². The molecule has 1 aromatic carbocycles. The molecule has 148 valence electrons. The van der Waals surface area contributed by atoms with Crippen LogP contribution in [0.15, 0.2) is 36.7 Å². The summed E-state index contributed by atoms with van der Waals surface area (Å²) in [4.78, 5) is 30.5. The molecule has 2 saturated heterocycles. The summed E-state index contributed by atoms with van der Waals surface area (Å²) < 4.78 is 0. The van der Waals surface area contributed by atoms with Crippen LogP contribution in [0.5, 0.6) is 0 Å². The third kappa shape index (κ3) is 4.09. The lowest BCUT2D eigenvalue weighted by atomic mass is 10.1. The zero-order valence-electron chi connectivity index (χ0n) is 16.7. The maximum atomic E-state index is 12.7. The second kappa shape index (κ2) is 8.14. The molecule has 0 bridgehead atoms. The predicted molar refractivity (Wildman–Crippen MR) is 111 cm³/mol. The van der Waals surface area contributed by atoms with E-state index in [-0.39, 0.29) is 5.91 Å². The number of carbonyl (C=O) groups excluding carboxylic acids is 1. The number of likely N-dealkylation sites (N-methyl/N-ethyl adjacent to an activating group) is 1. The predicted octanol–water partition coefficient (Wildman–Crippen LogP) is 1.50. The highest BCUT2D eigenvalue weighted by Gasteiger charge is 2.24. The van der Waals surface area contributed by atoms with Gasteiger partial charge in [-0.25, -0.2) is 9.97 Å². The minimum atomic E-state index is 0.112. The highest BCUT2D eigenvalue weighted by Crippen LogP contribution is 2.20. The smallest absolute Gasteiger partial charge is 0.253 e. The summed E-state index contributed by atoms with van der Waals surface area (Å²) in [7, 11) is 2.15. The molecule has 3 heterocycles. The molecule has 0 radical (unpaired) electrons. The number of hydrogen-bond donors (Lipinski definition) is 0.